The van der Waals surface area contributed by atoms with E-state index in [9.17, 15) is 5.11 Å². The molecule has 0 saturated carbocycles. The van der Waals surface area contributed by atoms with Gasteiger partial charge in [0.25, 0.3) is 0 Å². The molecule has 1 heterocycles. The number of aliphatic hydroxyl groups is 1. The molecule has 0 radical (unpaired) electrons. The Morgan fingerprint density at radius 2 is 1.89 bits per heavy atom. The summed E-state index contributed by atoms with van der Waals surface area (Å²) in [6, 6.07) is 10.1. The summed E-state index contributed by atoms with van der Waals surface area (Å²) < 4.78 is 1.91. The zero-order chi connectivity index (χ0) is 13.8. The van der Waals surface area contributed by atoms with E-state index in [1.807, 2.05) is 36.9 Å². The fourth-order valence-corrected chi connectivity index (χ4v) is 2.48. The largest absolute Gasteiger partial charge is 0.393 e. The summed E-state index contributed by atoms with van der Waals surface area (Å²) in [5.74, 6) is 0. The maximum Gasteiger partial charge on any atom is 0.0628 e. The van der Waals surface area contributed by atoms with Gasteiger partial charge >= 0.3 is 0 Å². The van der Waals surface area contributed by atoms with E-state index < -0.39 is 0 Å². The average molecular weight is 258 g/mol. The van der Waals surface area contributed by atoms with Crippen molar-refractivity contribution >= 4 is 0 Å². The van der Waals surface area contributed by atoms with Crippen LogP contribution in [0.15, 0.2) is 30.3 Å². The first kappa shape index (κ1) is 13.8. The first-order chi connectivity index (χ1) is 9.08. The fourth-order valence-electron chi connectivity index (χ4n) is 2.48. The Morgan fingerprint density at radius 3 is 2.47 bits per heavy atom. The zero-order valence-corrected chi connectivity index (χ0v) is 11.9. The normalized spacial score (nSPS) is 12.6. The highest BCUT2D eigenvalue weighted by molar-refractivity contribution is 5.24. The van der Waals surface area contributed by atoms with E-state index in [2.05, 4.69) is 24.2 Å². The van der Waals surface area contributed by atoms with Crippen molar-refractivity contribution in [2.75, 3.05) is 0 Å². The smallest absolute Gasteiger partial charge is 0.0628 e. The van der Waals surface area contributed by atoms with Crippen LogP contribution in [0.2, 0.25) is 0 Å². The van der Waals surface area contributed by atoms with Crippen molar-refractivity contribution < 1.29 is 5.11 Å². The van der Waals surface area contributed by atoms with Gasteiger partial charge < -0.3 is 5.11 Å². The number of aromatic nitrogens is 2. The molecule has 0 spiro atoms. The van der Waals surface area contributed by atoms with Gasteiger partial charge in [0.2, 0.25) is 0 Å². The number of aryl methyl sites for hydroxylation is 2. The summed E-state index contributed by atoms with van der Waals surface area (Å²) in [6.07, 6.45) is 2.10. The van der Waals surface area contributed by atoms with Crippen LogP contribution in [0.3, 0.4) is 0 Å². The summed E-state index contributed by atoms with van der Waals surface area (Å²) in [4.78, 5) is 0. The molecular formula is C16H22N2O. The van der Waals surface area contributed by atoms with Crippen molar-refractivity contribution in [1.29, 1.82) is 0 Å². The molecule has 0 aliphatic rings. The van der Waals surface area contributed by atoms with E-state index in [1.165, 1.54) is 16.8 Å². The second-order valence-corrected chi connectivity index (χ2v) is 5.16. The van der Waals surface area contributed by atoms with Gasteiger partial charge in [-0.25, -0.2) is 0 Å². The van der Waals surface area contributed by atoms with Gasteiger partial charge in [0.15, 0.2) is 0 Å². The van der Waals surface area contributed by atoms with Gasteiger partial charge in [0.1, 0.15) is 0 Å². The Balaban J connectivity index is 1.92. The summed E-state index contributed by atoms with van der Waals surface area (Å²) in [5, 5.41) is 14.5. The molecule has 2 rings (SSSR count). The van der Waals surface area contributed by atoms with Gasteiger partial charge in [-0.2, -0.15) is 5.10 Å². The van der Waals surface area contributed by atoms with Crippen molar-refractivity contribution in [3.63, 3.8) is 0 Å². The van der Waals surface area contributed by atoms with Gasteiger partial charge in [-0.15, -0.1) is 0 Å². The summed E-state index contributed by atoms with van der Waals surface area (Å²) in [7, 11) is 1.96. The highest BCUT2D eigenvalue weighted by Gasteiger charge is 2.12. The van der Waals surface area contributed by atoms with Crippen LogP contribution in [-0.4, -0.2) is 21.0 Å². The average Bonchev–Trinajstić information content (AvgIpc) is 2.62. The molecule has 0 aliphatic carbocycles. The quantitative estimate of drug-likeness (QED) is 0.895. The predicted molar refractivity (Wildman–Crippen MR) is 77.2 cm³/mol. The second-order valence-electron chi connectivity index (χ2n) is 5.16. The molecule has 102 valence electrons. The molecule has 3 nitrogen and oxygen atoms in total. The number of rotatable bonds is 5. The molecule has 1 unspecified atom stereocenters. The molecule has 1 aromatic heterocycles. The third-order valence-corrected chi connectivity index (χ3v) is 3.70. The maximum absolute atomic E-state index is 10.1. The Morgan fingerprint density at radius 1 is 1.21 bits per heavy atom. The van der Waals surface area contributed by atoms with E-state index in [4.69, 9.17) is 0 Å². The van der Waals surface area contributed by atoms with Gasteiger partial charge in [0.05, 0.1) is 11.8 Å². The molecule has 0 aliphatic heterocycles. The van der Waals surface area contributed by atoms with Crippen LogP contribution >= 0.6 is 0 Å². The number of nitrogens with zero attached hydrogens (tertiary/aromatic N) is 2. The first-order valence-electron chi connectivity index (χ1n) is 6.79. The monoisotopic (exact) mass is 258 g/mol. The Bertz CT molecular complexity index is 531. The number of hydrogen-bond donors (Lipinski definition) is 1. The van der Waals surface area contributed by atoms with E-state index in [-0.39, 0.29) is 6.10 Å². The number of hydrogen-bond acceptors (Lipinski definition) is 2. The fraction of sp³-hybridized carbons (Fsp3) is 0.438. The third-order valence-electron chi connectivity index (χ3n) is 3.70. The molecule has 2 aromatic rings. The van der Waals surface area contributed by atoms with E-state index in [0.29, 0.717) is 0 Å². The Labute approximate surface area is 114 Å². The molecule has 19 heavy (non-hydrogen) atoms. The lowest BCUT2D eigenvalue weighted by Gasteiger charge is -2.10. The number of aliphatic hydroxyl groups excluding tert-OH is 1. The number of benzene rings is 1. The SMILES string of the molecule is Cc1nn(C)c(C)c1CCC(O)Cc1ccccc1. The predicted octanol–water partition coefficient (Wildman–Crippen LogP) is 2.57. The highest BCUT2D eigenvalue weighted by atomic mass is 16.3. The molecule has 0 fully saturated rings. The van der Waals surface area contributed by atoms with Crippen LogP contribution in [0, 0.1) is 13.8 Å². The van der Waals surface area contributed by atoms with Gasteiger partial charge in [-0.1, -0.05) is 30.3 Å². The van der Waals surface area contributed by atoms with Crippen molar-refractivity contribution in [2.24, 2.45) is 7.05 Å². The minimum Gasteiger partial charge on any atom is -0.393 e. The van der Waals surface area contributed by atoms with Crippen LogP contribution < -0.4 is 0 Å². The first-order valence-corrected chi connectivity index (χ1v) is 6.79. The lowest BCUT2D eigenvalue weighted by molar-refractivity contribution is 0.165. The van der Waals surface area contributed by atoms with E-state index >= 15 is 0 Å². The third kappa shape index (κ3) is 3.44. The minimum atomic E-state index is -0.290. The Hall–Kier alpha value is -1.61. The van der Waals surface area contributed by atoms with Crippen LogP contribution in [0.5, 0.6) is 0 Å². The minimum absolute atomic E-state index is 0.290. The lowest BCUT2D eigenvalue weighted by atomic mass is 10.0. The maximum atomic E-state index is 10.1. The highest BCUT2D eigenvalue weighted by Crippen LogP contribution is 2.16. The molecule has 3 heteroatoms. The molecule has 1 aromatic carbocycles. The zero-order valence-electron chi connectivity index (χ0n) is 11.9. The lowest BCUT2D eigenvalue weighted by Crippen LogP contribution is -2.12. The molecule has 1 atom stereocenters. The van der Waals surface area contributed by atoms with Crippen molar-refractivity contribution in [2.45, 2.75) is 39.2 Å². The van der Waals surface area contributed by atoms with Crippen LogP contribution in [0.4, 0.5) is 0 Å². The van der Waals surface area contributed by atoms with Crippen molar-refractivity contribution in [3.05, 3.63) is 52.8 Å². The van der Waals surface area contributed by atoms with Crippen LogP contribution in [0.25, 0.3) is 0 Å². The molecule has 0 amide bonds. The topological polar surface area (TPSA) is 38.0 Å². The van der Waals surface area contributed by atoms with Gasteiger partial charge in [-0.05, 0) is 44.2 Å². The van der Waals surface area contributed by atoms with Crippen LogP contribution in [0.1, 0.15) is 28.9 Å². The summed E-state index contributed by atoms with van der Waals surface area (Å²) in [6.45, 7) is 4.12. The second kappa shape index (κ2) is 6.02. The summed E-state index contributed by atoms with van der Waals surface area (Å²) >= 11 is 0. The molecule has 0 saturated heterocycles. The van der Waals surface area contributed by atoms with Gasteiger partial charge in [-0.3, -0.25) is 4.68 Å². The van der Waals surface area contributed by atoms with E-state index in [0.717, 1.165) is 25.0 Å². The van der Waals surface area contributed by atoms with Crippen molar-refractivity contribution in [3.8, 4) is 0 Å². The van der Waals surface area contributed by atoms with Gasteiger partial charge in [0, 0.05) is 12.7 Å². The molecule has 0 bridgehead atoms. The van der Waals surface area contributed by atoms with Crippen LogP contribution in [-0.2, 0) is 19.9 Å². The molecule has 1 N–H and O–H groups in total. The van der Waals surface area contributed by atoms with Crippen molar-refractivity contribution in [1.82, 2.24) is 9.78 Å². The van der Waals surface area contributed by atoms with E-state index in [1.54, 1.807) is 0 Å². The molecular weight excluding hydrogens is 236 g/mol. The Kier molecular flexibility index (Phi) is 4.38. The summed E-state index contributed by atoms with van der Waals surface area (Å²) in [5.41, 5.74) is 4.74. The standard InChI is InChI=1S/C16H22N2O/c1-12-16(13(2)18(3)17-12)10-9-15(19)11-14-7-5-4-6-8-14/h4-8,15,19H,9-11H2,1-3H3.